The number of allylic oxidation sites excluding steroid dienone is 1. The number of aliphatic hydroxyl groups excluding tert-OH is 1. The molecule has 172 valence electrons. The molecule has 0 aliphatic heterocycles. The molecule has 35 heavy (non-hydrogen) atoms. The summed E-state index contributed by atoms with van der Waals surface area (Å²) in [6.45, 7) is 0.488. The topological polar surface area (TPSA) is 103 Å². The molecule has 0 amide bonds. The lowest BCUT2D eigenvalue weighted by Gasteiger charge is -2.11. The molecule has 0 aliphatic carbocycles. The van der Waals surface area contributed by atoms with Crippen molar-refractivity contribution < 1.29 is 9.50 Å². The Hall–Kier alpha value is -4.42. The van der Waals surface area contributed by atoms with Gasteiger partial charge in [0.15, 0.2) is 16.8 Å². The lowest BCUT2D eigenvalue weighted by atomic mass is 10.2. The van der Waals surface area contributed by atoms with Crippen molar-refractivity contribution in [2.24, 2.45) is 0 Å². The standard InChI is InChI=1S/C26H19FN6OS/c27-19-12-10-18(11-13-19)25-31-32-26(33(25)15-17-6-2-1-3-7-17)35-16-23(34)20(14-28)24-29-21-8-4-5-9-22(21)30-24/h1-13,34H,15-16H2,(H,29,30). The number of hydrogen-bond acceptors (Lipinski definition) is 6. The monoisotopic (exact) mass is 482 g/mol. The number of halogens is 1. The van der Waals surface area contributed by atoms with Gasteiger partial charge in [-0.25, -0.2) is 9.37 Å². The number of fused-ring (bicyclic) bond motifs is 1. The molecule has 0 saturated heterocycles. The van der Waals surface area contributed by atoms with E-state index >= 15 is 0 Å². The van der Waals surface area contributed by atoms with Gasteiger partial charge in [-0.1, -0.05) is 54.2 Å². The minimum atomic E-state index is -0.331. The second-order valence-corrected chi connectivity index (χ2v) is 8.65. The molecule has 0 atom stereocenters. The Morgan fingerprint density at radius 3 is 2.49 bits per heavy atom. The zero-order valence-electron chi connectivity index (χ0n) is 18.4. The van der Waals surface area contributed by atoms with Crippen molar-refractivity contribution in [3.63, 3.8) is 0 Å². The van der Waals surface area contributed by atoms with Crippen molar-refractivity contribution in [3.8, 4) is 17.5 Å². The molecule has 0 bridgehead atoms. The molecule has 0 radical (unpaired) electrons. The Balaban J connectivity index is 1.46. The number of nitriles is 1. The SMILES string of the molecule is N#CC(=C(O)CSc1nnc(-c2ccc(F)cc2)n1Cc1ccccc1)c1nc2ccccc2[nH]1. The third-order valence-electron chi connectivity index (χ3n) is 5.37. The van der Waals surface area contributed by atoms with Crippen LogP contribution in [0.15, 0.2) is 89.8 Å². The highest BCUT2D eigenvalue weighted by Crippen LogP contribution is 2.28. The van der Waals surface area contributed by atoms with E-state index in [-0.39, 0.29) is 22.9 Å². The first-order valence-corrected chi connectivity index (χ1v) is 11.7. The number of hydrogen-bond donors (Lipinski definition) is 2. The quantitative estimate of drug-likeness (QED) is 0.178. The van der Waals surface area contributed by atoms with Crippen LogP contribution in [0.1, 0.15) is 11.4 Å². The lowest BCUT2D eigenvalue weighted by Crippen LogP contribution is -2.05. The van der Waals surface area contributed by atoms with Crippen molar-refractivity contribution in [1.82, 2.24) is 24.7 Å². The largest absolute Gasteiger partial charge is 0.510 e. The fraction of sp³-hybridized carbons (Fsp3) is 0.0769. The van der Waals surface area contributed by atoms with Crippen LogP contribution in [0, 0.1) is 17.1 Å². The molecule has 2 heterocycles. The fourth-order valence-electron chi connectivity index (χ4n) is 3.65. The van der Waals surface area contributed by atoms with Gasteiger partial charge in [-0.15, -0.1) is 10.2 Å². The van der Waals surface area contributed by atoms with Crippen molar-refractivity contribution in [2.75, 3.05) is 5.75 Å². The first-order valence-electron chi connectivity index (χ1n) is 10.8. The molecule has 2 N–H and O–H groups in total. The molecule has 9 heteroatoms. The molecular weight excluding hydrogens is 463 g/mol. The summed E-state index contributed by atoms with van der Waals surface area (Å²) in [4.78, 5) is 7.49. The van der Waals surface area contributed by atoms with Crippen LogP contribution >= 0.6 is 11.8 Å². The summed E-state index contributed by atoms with van der Waals surface area (Å²) < 4.78 is 15.4. The summed E-state index contributed by atoms with van der Waals surface area (Å²) in [5.74, 6) is 0.537. The smallest absolute Gasteiger partial charge is 0.192 e. The molecule has 5 rings (SSSR count). The van der Waals surface area contributed by atoms with E-state index in [1.54, 1.807) is 12.1 Å². The van der Waals surface area contributed by atoms with Crippen molar-refractivity contribution in [1.29, 1.82) is 5.26 Å². The third-order valence-corrected chi connectivity index (χ3v) is 6.35. The Morgan fingerprint density at radius 1 is 1.00 bits per heavy atom. The Bertz CT molecular complexity index is 1520. The number of thioether (sulfide) groups is 1. The molecule has 3 aromatic carbocycles. The zero-order chi connectivity index (χ0) is 24.2. The number of aromatic nitrogens is 5. The van der Waals surface area contributed by atoms with Crippen molar-refractivity contribution in [3.05, 3.63) is 102 Å². The third kappa shape index (κ3) is 4.78. The molecule has 0 unspecified atom stereocenters. The first-order chi connectivity index (χ1) is 17.1. The fourth-order valence-corrected chi connectivity index (χ4v) is 4.46. The van der Waals surface area contributed by atoms with E-state index in [1.165, 1.54) is 23.9 Å². The molecule has 2 aromatic heterocycles. The second kappa shape index (κ2) is 9.83. The van der Waals surface area contributed by atoms with Crippen LogP contribution in [0.2, 0.25) is 0 Å². The zero-order valence-corrected chi connectivity index (χ0v) is 19.2. The van der Waals surface area contributed by atoms with E-state index in [4.69, 9.17) is 0 Å². The highest BCUT2D eigenvalue weighted by atomic mass is 32.2. The predicted octanol–water partition coefficient (Wildman–Crippen LogP) is 5.59. The highest BCUT2D eigenvalue weighted by Gasteiger charge is 2.18. The van der Waals surface area contributed by atoms with Crippen molar-refractivity contribution in [2.45, 2.75) is 11.7 Å². The van der Waals surface area contributed by atoms with Gasteiger partial charge in [0.1, 0.15) is 23.2 Å². The Kier molecular flexibility index (Phi) is 6.28. The summed E-state index contributed by atoms with van der Waals surface area (Å²) in [7, 11) is 0. The number of para-hydroxylation sites is 2. The van der Waals surface area contributed by atoms with Gasteiger partial charge < -0.3 is 10.1 Å². The second-order valence-electron chi connectivity index (χ2n) is 7.71. The number of aromatic amines is 1. The Labute approximate surface area is 204 Å². The summed E-state index contributed by atoms with van der Waals surface area (Å²) >= 11 is 1.25. The number of nitrogens with one attached hydrogen (secondary N) is 1. The predicted molar refractivity (Wildman–Crippen MR) is 133 cm³/mol. The van der Waals surface area contributed by atoms with Crippen LogP contribution in [0.5, 0.6) is 0 Å². The van der Waals surface area contributed by atoms with Crippen LogP contribution in [-0.2, 0) is 6.54 Å². The van der Waals surface area contributed by atoms with E-state index in [0.29, 0.717) is 28.9 Å². The van der Waals surface area contributed by atoms with Gasteiger partial charge in [-0.05, 0) is 42.0 Å². The van der Waals surface area contributed by atoms with Gasteiger partial charge in [0.25, 0.3) is 0 Å². The number of benzene rings is 3. The highest BCUT2D eigenvalue weighted by molar-refractivity contribution is 7.99. The molecule has 0 aliphatic rings. The van der Waals surface area contributed by atoms with Gasteiger partial charge >= 0.3 is 0 Å². The van der Waals surface area contributed by atoms with E-state index in [1.807, 2.05) is 59.2 Å². The van der Waals surface area contributed by atoms with Gasteiger partial charge in [0.2, 0.25) is 0 Å². The van der Waals surface area contributed by atoms with Crippen molar-refractivity contribution >= 4 is 28.4 Å². The number of imidazole rings is 1. The number of aliphatic hydroxyl groups is 1. The van der Waals surface area contributed by atoms with E-state index in [9.17, 15) is 14.8 Å². The minimum Gasteiger partial charge on any atom is -0.510 e. The molecule has 0 spiro atoms. The minimum absolute atomic E-state index is 0.0709. The van der Waals surface area contributed by atoms with Crippen LogP contribution < -0.4 is 0 Å². The number of nitrogens with zero attached hydrogens (tertiary/aromatic N) is 5. The van der Waals surface area contributed by atoms with Crippen LogP contribution in [0.3, 0.4) is 0 Å². The van der Waals surface area contributed by atoms with Gasteiger partial charge in [0.05, 0.1) is 23.3 Å². The number of rotatable bonds is 7. The maximum absolute atomic E-state index is 13.5. The van der Waals surface area contributed by atoms with Gasteiger partial charge in [-0.3, -0.25) is 4.57 Å². The van der Waals surface area contributed by atoms with Crippen LogP contribution in [0.4, 0.5) is 4.39 Å². The lowest BCUT2D eigenvalue weighted by molar-refractivity contribution is 0.420. The summed E-state index contributed by atoms with van der Waals surface area (Å²) in [5.41, 5.74) is 3.32. The van der Waals surface area contributed by atoms with Crippen LogP contribution in [-0.4, -0.2) is 35.6 Å². The van der Waals surface area contributed by atoms with E-state index in [2.05, 4.69) is 26.2 Å². The maximum Gasteiger partial charge on any atom is 0.192 e. The molecular formula is C26H19FN6OS. The van der Waals surface area contributed by atoms with Gasteiger partial charge in [-0.2, -0.15) is 5.26 Å². The van der Waals surface area contributed by atoms with E-state index < -0.39 is 0 Å². The molecule has 0 fully saturated rings. The summed E-state index contributed by atoms with van der Waals surface area (Å²) in [6.07, 6.45) is 0. The summed E-state index contributed by atoms with van der Waals surface area (Å²) in [5, 5.41) is 29.7. The molecule has 0 saturated carbocycles. The average Bonchev–Trinajstić information content (AvgIpc) is 3.48. The average molecular weight is 483 g/mol. The normalized spacial score (nSPS) is 11.9. The first kappa shape index (κ1) is 22.4. The molecule has 5 aromatic rings. The van der Waals surface area contributed by atoms with Gasteiger partial charge in [0, 0.05) is 5.56 Å². The van der Waals surface area contributed by atoms with Crippen LogP contribution in [0.25, 0.3) is 28.0 Å². The number of H-pyrrole nitrogens is 1. The maximum atomic E-state index is 13.5. The summed E-state index contributed by atoms with van der Waals surface area (Å²) in [6, 6.07) is 25.4. The van der Waals surface area contributed by atoms with E-state index in [0.717, 1.165) is 16.6 Å². The molecule has 7 nitrogen and oxygen atoms in total. The Morgan fingerprint density at radius 2 is 1.74 bits per heavy atom.